The lowest BCUT2D eigenvalue weighted by Crippen LogP contribution is -2.38. The summed E-state index contributed by atoms with van der Waals surface area (Å²) in [6, 6.07) is 14.4. The number of nitrogens with two attached hydrogens (primary N) is 1. The number of aromatic nitrogens is 1. The highest BCUT2D eigenvalue weighted by Gasteiger charge is 2.10. The molecule has 0 bridgehead atoms. The van der Waals surface area contributed by atoms with E-state index in [4.69, 9.17) is 15.2 Å². The first-order valence-electron chi connectivity index (χ1n) is 8.96. The van der Waals surface area contributed by atoms with E-state index in [-0.39, 0.29) is 0 Å². The smallest absolute Gasteiger partial charge is 0.120 e. The van der Waals surface area contributed by atoms with Crippen LogP contribution < -0.4 is 10.5 Å². The van der Waals surface area contributed by atoms with Crippen molar-refractivity contribution in [2.45, 2.75) is 0 Å². The minimum Gasteiger partial charge on any atom is -0.492 e. The molecule has 2 heterocycles. The molecule has 1 saturated heterocycles. The van der Waals surface area contributed by atoms with Crippen LogP contribution in [0.4, 0.5) is 5.69 Å². The lowest BCUT2D eigenvalue weighted by molar-refractivity contribution is 0.0322. The van der Waals surface area contributed by atoms with Gasteiger partial charge in [-0.1, -0.05) is 18.2 Å². The molecule has 0 unspecified atom stereocenters. The Morgan fingerprint density at radius 3 is 2.73 bits per heavy atom. The molecule has 5 heteroatoms. The predicted molar refractivity (Wildman–Crippen MR) is 104 cm³/mol. The van der Waals surface area contributed by atoms with Crippen LogP contribution in [0.2, 0.25) is 0 Å². The van der Waals surface area contributed by atoms with Crippen molar-refractivity contribution in [3.63, 3.8) is 0 Å². The van der Waals surface area contributed by atoms with Gasteiger partial charge in [-0.25, -0.2) is 0 Å². The SMILES string of the molecule is Nc1ccncc1-c1ccc2ccc(OCCN3CCOCC3)cc2c1. The number of rotatable bonds is 5. The van der Waals surface area contributed by atoms with Crippen LogP contribution in [0.25, 0.3) is 21.9 Å². The molecule has 1 aromatic heterocycles. The summed E-state index contributed by atoms with van der Waals surface area (Å²) < 4.78 is 11.3. The second kappa shape index (κ2) is 7.72. The highest BCUT2D eigenvalue weighted by atomic mass is 16.5. The van der Waals surface area contributed by atoms with Crippen LogP contribution in [0.3, 0.4) is 0 Å². The van der Waals surface area contributed by atoms with Crippen LogP contribution in [0.5, 0.6) is 5.75 Å². The Morgan fingerprint density at radius 1 is 1.04 bits per heavy atom. The number of ether oxygens (including phenoxy) is 2. The molecule has 0 saturated carbocycles. The van der Waals surface area contributed by atoms with Gasteiger partial charge < -0.3 is 15.2 Å². The average Bonchev–Trinajstić information content (AvgIpc) is 2.69. The van der Waals surface area contributed by atoms with Crippen LogP contribution in [-0.2, 0) is 4.74 Å². The fourth-order valence-corrected chi connectivity index (χ4v) is 3.25. The van der Waals surface area contributed by atoms with Crippen molar-refractivity contribution in [1.29, 1.82) is 0 Å². The molecule has 2 N–H and O–H groups in total. The summed E-state index contributed by atoms with van der Waals surface area (Å²) in [7, 11) is 0. The van der Waals surface area contributed by atoms with Crippen LogP contribution in [-0.4, -0.2) is 49.3 Å². The number of hydrogen-bond acceptors (Lipinski definition) is 5. The van der Waals surface area contributed by atoms with Crippen molar-refractivity contribution in [3.05, 3.63) is 54.9 Å². The molecule has 3 aromatic rings. The molecule has 5 nitrogen and oxygen atoms in total. The molecule has 1 aliphatic heterocycles. The third-order valence-electron chi connectivity index (χ3n) is 4.76. The standard InChI is InChI=1S/C21H23N3O2/c22-21-5-6-23-15-20(21)17-2-1-16-3-4-19(14-18(16)13-17)26-12-9-24-7-10-25-11-8-24/h1-6,13-15H,7-12H2,(H2,22,23). The molecular formula is C21H23N3O2. The topological polar surface area (TPSA) is 60.6 Å². The van der Waals surface area contributed by atoms with Gasteiger partial charge in [-0.15, -0.1) is 0 Å². The number of fused-ring (bicyclic) bond motifs is 1. The highest BCUT2D eigenvalue weighted by molar-refractivity contribution is 5.90. The van der Waals surface area contributed by atoms with Gasteiger partial charge in [0.2, 0.25) is 0 Å². The molecule has 1 fully saturated rings. The van der Waals surface area contributed by atoms with Crippen LogP contribution >= 0.6 is 0 Å². The van der Waals surface area contributed by atoms with Crippen LogP contribution in [0.15, 0.2) is 54.9 Å². The van der Waals surface area contributed by atoms with Crippen molar-refractivity contribution in [2.24, 2.45) is 0 Å². The molecule has 4 rings (SSSR count). The fraction of sp³-hybridized carbons (Fsp3) is 0.286. The molecular weight excluding hydrogens is 326 g/mol. The van der Waals surface area contributed by atoms with E-state index in [1.165, 1.54) is 5.39 Å². The van der Waals surface area contributed by atoms with Crippen molar-refractivity contribution >= 4 is 16.5 Å². The molecule has 134 valence electrons. The molecule has 0 aliphatic carbocycles. The molecule has 0 atom stereocenters. The van der Waals surface area contributed by atoms with Gasteiger partial charge in [0.05, 0.1) is 13.2 Å². The monoisotopic (exact) mass is 349 g/mol. The number of hydrogen-bond donors (Lipinski definition) is 1. The minimum atomic E-state index is 0.681. The Kier molecular flexibility index (Phi) is 5.00. The number of benzene rings is 2. The Balaban J connectivity index is 1.49. The molecule has 0 spiro atoms. The van der Waals surface area contributed by atoms with E-state index in [1.54, 1.807) is 12.4 Å². The quantitative estimate of drug-likeness (QED) is 0.766. The van der Waals surface area contributed by atoms with Gasteiger partial charge in [-0.05, 0) is 40.6 Å². The lowest BCUT2D eigenvalue weighted by Gasteiger charge is -2.26. The van der Waals surface area contributed by atoms with E-state index in [9.17, 15) is 0 Å². The summed E-state index contributed by atoms with van der Waals surface area (Å²) in [4.78, 5) is 6.56. The van der Waals surface area contributed by atoms with Crippen LogP contribution in [0.1, 0.15) is 0 Å². The van der Waals surface area contributed by atoms with E-state index in [2.05, 4.69) is 40.2 Å². The maximum absolute atomic E-state index is 6.08. The summed E-state index contributed by atoms with van der Waals surface area (Å²) in [5, 5.41) is 2.31. The van der Waals surface area contributed by atoms with E-state index in [1.807, 2.05) is 12.1 Å². The normalized spacial score (nSPS) is 15.2. The summed E-state index contributed by atoms with van der Waals surface area (Å²) in [5.41, 5.74) is 8.83. The van der Waals surface area contributed by atoms with Crippen molar-refractivity contribution in [3.8, 4) is 16.9 Å². The first-order chi connectivity index (χ1) is 12.8. The zero-order chi connectivity index (χ0) is 17.8. The van der Waals surface area contributed by atoms with Crippen molar-refractivity contribution < 1.29 is 9.47 Å². The molecule has 0 radical (unpaired) electrons. The maximum Gasteiger partial charge on any atom is 0.120 e. The number of nitrogens with zero attached hydrogens (tertiary/aromatic N) is 2. The summed E-state index contributed by atoms with van der Waals surface area (Å²) in [6.07, 6.45) is 3.51. The number of morpholine rings is 1. The summed E-state index contributed by atoms with van der Waals surface area (Å²) in [6.45, 7) is 5.20. The number of pyridine rings is 1. The molecule has 2 aromatic carbocycles. The summed E-state index contributed by atoms with van der Waals surface area (Å²) in [5.74, 6) is 0.891. The zero-order valence-electron chi connectivity index (χ0n) is 14.7. The second-order valence-corrected chi connectivity index (χ2v) is 6.49. The largest absolute Gasteiger partial charge is 0.492 e. The lowest BCUT2D eigenvalue weighted by atomic mass is 10.0. The first kappa shape index (κ1) is 16.8. The van der Waals surface area contributed by atoms with Gasteiger partial charge in [0, 0.05) is 43.3 Å². The van der Waals surface area contributed by atoms with E-state index < -0.39 is 0 Å². The molecule has 1 aliphatic rings. The Bertz CT molecular complexity index is 891. The number of nitrogen functional groups attached to an aromatic ring is 1. The van der Waals surface area contributed by atoms with Gasteiger partial charge in [0.25, 0.3) is 0 Å². The number of anilines is 1. The second-order valence-electron chi connectivity index (χ2n) is 6.49. The van der Waals surface area contributed by atoms with Crippen LogP contribution in [0, 0.1) is 0 Å². The predicted octanol–water partition coefficient (Wildman–Crippen LogP) is 3.20. The van der Waals surface area contributed by atoms with Gasteiger partial charge >= 0.3 is 0 Å². The third-order valence-corrected chi connectivity index (χ3v) is 4.76. The van der Waals surface area contributed by atoms with Crippen molar-refractivity contribution in [2.75, 3.05) is 45.2 Å². The minimum absolute atomic E-state index is 0.681. The van der Waals surface area contributed by atoms with Gasteiger partial charge in [0.1, 0.15) is 12.4 Å². The Labute approximate surface area is 153 Å². The Morgan fingerprint density at radius 2 is 1.88 bits per heavy atom. The van der Waals surface area contributed by atoms with Gasteiger partial charge in [-0.3, -0.25) is 9.88 Å². The first-order valence-corrected chi connectivity index (χ1v) is 8.96. The molecule has 0 amide bonds. The van der Waals surface area contributed by atoms with E-state index >= 15 is 0 Å². The third kappa shape index (κ3) is 3.79. The molecule has 26 heavy (non-hydrogen) atoms. The van der Waals surface area contributed by atoms with Gasteiger partial charge in [0.15, 0.2) is 0 Å². The van der Waals surface area contributed by atoms with Crippen molar-refractivity contribution in [1.82, 2.24) is 9.88 Å². The van der Waals surface area contributed by atoms with E-state index in [0.29, 0.717) is 6.61 Å². The summed E-state index contributed by atoms with van der Waals surface area (Å²) >= 11 is 0. The average molecular weight is 349 g/mol. The fourth-order valence-electron chi connectivity index (χ4n) is 3.25. The zero-order valence-corrected chi connectivity index (χ0v) is 14.7. The Hall–Kier alpha value is -2.63. The highest BCUT2D eigenvalue weighted by Crippen LogP contribution is 2.29. The maximum atomic E-state index is 6.08. The van der Waals surface area contributed by atoms with Gasteiger partial charge in [-0.2, -0.15) is 0 Å². The van der Waals surface area contributed by atoms with E-state index in [0.717, 1.165) is 60.8 Å².